The molecule has 3 nitrogen and oxygen atoms in total. The van der Waals surface area contributed by atoms with Gasteiger partial charge in [0.15, 0.2) is 0 Å². The number of hydrogen-bond acceptors (Lipinski definition) is 4. The van der Waals surface area contributed by atoms with E-state index in [0.717, 1.165) is 35.4 Å². The van der Waals surface area contributed by atoms with Gasteiger partial charge < -0.3 is 5.32 Å². The highest BCUT2D eigenvalue weighted by molar-refractivity contribution is 7.17. The minimum atomic E-state index is 0.369. The molecule has 17 heavy (non-hydrogen) atoms. The Kier molecular flexibility index (Phi) is 3.16. The summed E-state index contributed by atoms with van der Waals surface area (Å²) in [6.45, 7) is 0.966. The van der Waals surface area contributed by atoms with Crippen molar-refractivity contribution < 1.29 is 0 Å². The third kappa shape index (κ3) is 2.38. The zero-order valence-electron chi connectivity index (χ0n) is 9.40. The molecule has 2 aromatic heterocycles. The van der Waals surface area contributed by atoms with Gasteiger partial charge in [-0.05, 0) is 36.6 Å². The third-order valence-corrected chi connectivity index (χ3v) is 4.59. The van der Waals surface area contributed by atoms with Gasteiger partial charge in [-0.3, -0.25) is 0 Å². The van der Waals surface area contributed by atoms with Crippen molar-refractivity contribution in [2.75, 3.05) is 11.9 Å². The van der Waals surface area contributed by atoms with E-state index < -0.39 is 0 Å². The molecule has 2 heterocycles. The highest BCUT2D eigenvalue weighted by Gasteiger charge is 2.22. The van der Waals surface area contributed by atoms with Crippen molar-refractivity contribution >= 4 is 39.0 Å². The van der Waals surface area contributed by atoms with Gasteiger partial charge >= 0.3 is 0 Å². The zero-order chi connectivity index (χ0) is 11.7. The maximum absolute atomic E-state index is 6.11. The van der Waals surface area contributed by atoms with Gasteiger partial charge in [-0.25, -0.2) is 9.97 Å². The molecular formula is C12H14ClN3S. The van der Waals surface area contributed by atoms with Crippen LogP contribution in [-0.2, 0) is 0 Å². The molecule has 3 rings (SSSR count). The predicted octanol–water partition coefficient (Wildman–Crippen LogP) is 3.51. The van der Waals surface area contributed by atoms with Crippen LogP contribution in [0.1, 0.15) is 19.3 Å². The maximum atomic E-state index is 6.11. The van der Waals surface area contributed by atoms with Crippen molar-refractivity contribution in [2.24, 2.45) is 5.92 Å². The highest BCUT2D eigenvalue weighted by atomic mass is 35.5. The number of rotatable bonds is 3. The van der Waals surface area contributed by atoms with Gasteiger partial charge in [0.2, 0.25) is 0 Å². The second kappa shape index (κ2) is 4.78. The van der Waals surface area contributed by atoms with E-state index in [4.69, 9.17) is 11.6 Å². The van der Waals surface area contributed by atoms with Crippen molar-refractivity contribution in [2.45, 2.75) is 24.6 Å². The summed E-state index contributed by atoms with van der Waals surface area (Å²) in [6, 6.07) is 2.03. The Bertz CT molecular complexity index is 513. The maximum Gasteiger partial charge on any atom is 0.147 e. The third-order valence-electron chi connectivity index (χ3n) is 3.28. The number of anilines is 1. The number of halogens is 1. The quantitative estimate of drug-likeness (QED) is 0.865. The lowest BCUT2D eigenvalue weighted by Gasteiger charge is -2.11. The molecular weight excluding hydrogens is 254 g/mol. The molecule has 1 aliphatic rings. The number of nitrogens with one attached hydrogen (secondary N) is 1. The molecule has 0 spiro atoms. The fourth-order valence-electron chi connectivity index (χ4n) is 2.36. The Morgan fingerprint density at radius 2 is 2.35 bits per heavy atom. The molecule has 0 radical (unpaired) electrons. The van der Waals surface area contributed by atoms with Crippen LogP contribution in [0.4, 0.5) is 5.82 Å². The van der Waals surface area contributed by atoms with E-state index in [0.29, 0.717) is 11.3 Å². The Morgan fingerprint density at radius 1 is 1.41 bits per heavy atom. The molecule has 90 valence electrons. The summed E-state index contributed by atoms with van der Waals surface area (Å²) in [4.78, 5) is 8.55. The second-order valence-electron chi connectivity index (χ2n) is 4.51. The van der Waals surface area contributed by atoms with Crippen LogP contribution in [0.2, 0.25) is 0 Å². The van der Waals surface area contributed by atoms with E-state index in [-0.39, 0.29) is 0 Å². The van der Waals surface area contributed by atoms with Gasteiger partial charge in [0.25, 0.3) is 0 Å². The first-order valence-electron chi connectivity index (χ1n) is 5.89. The molecule has 2 atom stereocenters. The van der Waals surface area contributed by atoms with Crippen molar-refractivity contribution in [3.63, 3.8) is 0 Å². The van der Waals surface area contributed by atoms with E-state index >= 15 is 0 Å². The SMILES string of the molecule is ClC1CCC(CNc2ncnc3ccsc23)C1. The van der Waals surface area contributed by atoms with Crippen molar-refractivity contribution in [3.8, 4) is 0 Å². The Balaban J connectivity index is 1.70. The van der Waals surface area contributed by atoms with Crippen LogP contribution in [0, 0.1) is 5.92 Å². The fraction of sp³-hybridized carbons (Fsp3) is 0.500. The number of nitrogens with zero attached hydrogens (tertiary/aromatic N) is 2. The van der Waals surface area contributed by atoms with E-state index in [2.05, 4.69) is 20.7 Å². The van der Waals surface area contributed by atoms with Gasteiger partial charge in [-0.2, -0.15) is 0 Å². The molecule has 0 amide bonds. The summed E-state index contributed by atoms with van der Waals surface area (Å²) in [5.41, 5.74) is 1.02. The first-order valence-corrected chi connectivity index (χ1v) is 7.20. The molecule has 0 aliphatic heterocycles. The van der Waals surface area contributed by atoms with E-state index in [9.17, 15) is 0 Å². The molecule has 0 bridgehead atoms. The zero-order valence-corrected chi connectivity index (χ0v) is 11.0. The monoisotopic (exact) mass is 267 g/mol. The summed E-state index contributed by atoms with van der Waals surface area (Å²) >= 11 is 7.80. The summed E-state index contributed by atoms with van der Waals surface area (Å²) in [5.74, 6) is 1.64. The minimum absolute atomic E-state index is 0.369. The van der Waals surface area contributed by atoms with Crippen LogP contribution in [0.15, 0.2) is 17.8 Å². The molecule has 1 aliphatic carbocycles. The molecule has 0 saturated heterocycles. The summed E-state index contributed by atoms with van der Waals surface area (Å²) in [5, 5.41) is 5.86. The second-order valence-corrected chi connectivity index (χ2v) is 6.05. The Labute approximate surface area is 109 Å². The summed E-state index contributed by atoms with van der Waals surface area (Å²) in [7, 11) is 0. The molecule has 1 saturated carbocycles. The Morgan fingerprint density at radius 3 is 3.18 bits per heavy atom. The molecule has 5 heteroatoms. The lowest BCUT2D eigenvalue weighted by molar-refractivity contribution is 0.580. The van der Waals surface area contributed by atoms with Gasteiger partial charge in [-0.15, -0.1) is 22.9 Å². The molecule has 1 N–H and O–H groups in total. The number of hydrogen-bond donors (Lipinski definition) is 1. The first kappa shape index (κ1) is 11.2. The van der Waals surface area contributed by atoms with Crippen LogP contribution >= 0.6 is 22.9 Å². The highest BCUT2D eigenvalue weighted by Crippen LogP contribution is 2.30. The van der Waals surface area contributed by atoms with Crippen molar-refractivity contribution in [3.05, 3.63) is 17.8 Å². The molecule has 2 unspecified atom stereocenters. The molecule has 1 fully saturated rings. The predicted molar refractivity (Wildman–Crippen MR) is 72.9 cm³/mol. The summed E-state index contributed by atoms with van der Waals surface area (Å²) < 4.78 is 1.15. The lowest BCUT2D eigenvalue weighted by atomic mass is 10.1. The first-order chi connectivity index (χ1) is 8.33. The van der Waals surface area contributed by atoms with Crippen LogP contribution in [0.25, 0.3) is 10.2 Å². The van der Waals surface area contributed by atoms with Gasteiger partial charge in [0, 0.05) is 11.9 Å². The van der Waals surface area contributed by atoms with Crippen LogP contribution < -0.4 is 5.32 Å². The number of aromatic nitrogens is 2. The standard InChI is InChI=1S/C12H14ClN3S/c13-9-2-1-8(5-9)6-14-12-11-10(3-4-17-11)15-7-16-12/h3-4,7-9H,1-2,5-6H2,(H,14,15,16). The smallest absolute Gasteiger partial charge is 0.147 e. The van der Waals surface area contributed by atoms with Crippen LogP contribution in [-0.4, -0.2) is 21.9 Å². The average Bonchev–Trinajstić information content (AvgIpc) is 2.94. The van der Waals surface area contributed by atoms with E-state index in [1.165, 1.54) is 6.42 Å². The van der Waals surface area contributed by atoms with Crippen molar-refractivity contribution in [1.29, 1.82) is 0 Å². The van der Waals surface area contributed by atoms with Crippen LogP contribution in [0.3, 0.4) is 0 Å². The summed E-state index contributed by atoms with van der Waals surface area (Å²) in [6.07, 6.45) is 5.11. The Hall–Kier alpha value is -0.870. The fourth-order valence-corrected chi connectivity index (χ4v) is 3.54. The topological polar surface area (TPSA) is 37.8 Å². The number of alkyl halides is 1. The normalized spacial score (nSPS) is 24.3. The minimum Gasteiger partial charge on any atom is -0.369 e. The molecule has 0 aromatic carbocycles. The van der Waals surface area contributed by atoms with Gasteiger partial charge in [-0.1, -0.05) is 0 Å². The van der Waals surface area contributed by atoms with E-state index in [1.54, 1.807) is 17.7 Å². The van der Waals surface area contributed by atoms with Crippen LogP contribution in [0.5, 0.6) is 0 Å². The number of fused-ring (bicyclic) bond motifs is 1. The number of thiophene rings is 1. The van der Waals surface area contributed by atoms with Gasteiger partial charge in [0.1, 0.15) is 12.1 Å². The van der Waals surface area contributed by atoms with Crippen molar-refractivity contribution in [1.82, 2.24) is 9.97 Å². The van der Waals surface area contributed by atoms with E-state index in [1.807, 2.05) is 6.07 Å². The molecule has 2 aromatic rings. The van der Waals surface area contributed by atoms with Gasteiger partial charge in [0.05, 0.1) is 10.2 Å². The largest absolute Gasteiger partial charge is 0.369 e. The average molecular weight is 268 g/mol. The lowest BCUT2D eigenvalue weighted by Crippen LogP contribution is -2.12.